The van der Waals surface area contributed by atoms with E-state index in [2.05, 4.69) is 42.4 Å². The number of carbonyl (C=O) groups excluding carboxylic acids is 4. The van der Waals surface area contributed by atoms with Crippen LogP contribution >= 0.6 is 11.3 Å². The summed E-state index contributed by atoms with van der Waals surface area (Å²) in [5.74, 6) is -0.502. The van der Waals surface area contributed by atoms with Crippen molar-refractivity contribution in [2.75, 3.05) is 56.4 Å². The molecule has 0 bridgehead atoms. The Balaban J connectivity index is 0.699. The minimum atomic E-state index is -0.951. The van der Waals surface area contributed by atoms with Crippen molar-refractivity contribution >= 4 is 46.6 Å². The molecule has 3 aromatic carbocycles. The lowest BCUT2D eigenvalue weighted by molar-refractivity contribution is -0.144. The van der Waals surface area contributed by atoms with Gasteiger partial charge in [0.1, 0.15) is 30.6 Å². The molecule has 4 heterocycles. The number of ether oxygens (including phenoxy) is 3. The lowest BCUT2D eigenvalue weighted by Gasteiger charge is -2.37. The monoisotopic (exact) mass is 1120 g/mol. The van der Waals surface area contributed by atoms with Crippen molar-refractivity contribution in [3.63, 3.8) is 0 Å². The number of likely N-dealkylation sites (tertiary alicyclic amines) is 1. The minimum Gasteiger partial charge on any atom is -0.391 e. The fourth-order valence-electron chi connectivity index (χ4n) is 10.1. The van der Waals surface area contributed by atoms with E-state index in [0.717, 1.165) is 82.0 Å². The minimum absolute atomic E-state index is 0.00696. The number of urea groups is 1. The highest BCUT2D eigenvalue weighted by atomic mass is 32.1. The van der Waals surface area contributed by atoms with E-state index in [-0.39, 0.29) is 50.1 Å². The molecule has 6 aromatic rings. The molecule has 1 saturated carbocycles. The van der Waals surface area contributed by atoms with Crippen LogP contribution in [0.3, 0.4) is 0 Å². The smallest absolute Gasteiger partial charge is 0.322 e. The molecule has 1 saturated heterocycles. The standard InChI is InChI=1S/C61H75N11O8S/c1-42-56(81-41-66-42)47-15-12-44(13-16-47)34-64-58(75)53-32-52(73)39-71(53)59(76)57(61(2,3)4)69-55(74)40-80-28-9-8-27-78-30-31-79-29-26-70-38-48(37-67-70)46-17-21-50(22-18-46)72(60(77)65-35-43-10-6-5-7-11-43)51-23-19-49(20-24-51)68-54-25-14-45(33-62)36-63-54/h5-7,10-18,21-22,25,36-38,41,49,51-53,57,73H,8-9,19-20,23-24,26-32,34-35,39-40H2,1-4H3,(H,63,68)(H,64,75)(H,65,77)(H,69,74)/t49?,51?,52-,53+,57-/m1/s1. The number of aryl methyl sites for hydroxylation is 1. The molecule has 2 fully saturated rings. The van der Waals surface area contributed by atoms with E-state index in [1.807, 2.05) is 140 Å². The fraction of sp³-hybridized carbons (Fsp3) is 0.443. The Hall–Kier alpha value is -7.54. The van der Waals surface area contributed by atoms with Crippen LogP contribution in [0.15, 0.2) is 115 Å². The van der Waals surface area contributed by atoms with Crippen LogP contribution in [0, 0.1) is 23.7 Å². The van der Waals surface area contributed by atoms with Gasteiger partial charge in [-0.05, 0) is 97.4 Å². The van der Waals surface area contributed by atoms with Gasteiger partial charge in [0.05, 0.1) is 60.3 Å². The summed E-state index contributed by atoms with van der Waals surface area (Å²) in [4.78, 5) is 67.6. The first kappa shape index (κ1) is 59.6. The number of aliphatic hydroxyl groups excluding tert-OH is 1. The summed E-state index contributed by atoms with van der Waals surface area (Å²) in [6, 6.07) is 29.8. The maximum absolute atomic E-state index is 14.0. The van der Waals surface area contributed by atoms with Crippen molar-refractivity contribution in [3.8, 4) is 27.6 Å². The summed E-state index contributed by atoms with van der Waals surface area (Å²) >= 11 is 1.57. The number of aromatic nitrogens is 4. The van der Waals surface area contributed by atoms with E-state index in [9.17, 15) is 24.3 Å². The van der Waals surface area contributed by atoms with Gasteiger partial charge in [-0.1, -0.05) is 87.5 Å². The van der Waals surface area contributed by atoms with Gasteiger partial charge in [-0.15, -0.1) is 11.3 Å². The summed E-state index contributed by atoms with van der Waals surface area (Å²) < 4.78 is 19.1. The van der Waals surface area contributed by atoms with Gasteiger partial charge in [0, 0.05) is 75.0 Å². The number of nitrogens with zero attached hydrogens (tertiary/aromatic N) is 7. The molecule has 0 radical (unpaired) electrons. The third-order valence-corrected chi connectivity index (χ3v) is 15.5. The average molecular weight is 1120 g/mol. The average Bonchev–Trinajstić information content (AvgIpc) is 4.30. The number of benzene rings is 3. The number of unbranched alkanes of at least 4 members (excludes halogenated alkanes) is 1. The van der Waals surface area contributed by atoms with E-state index in [0.29, 0.717) is 58.1 Å². The largest absolute Gasteiger partial charge is 0.391 e. The van der Waals surface area contributed by atoms with E-state index in [1.165, 1.54) is 4.90 Å². The maximum Gasteiger partial charge on any atom is 0.322 e. The summed E-state index contributed by atoms with van der Waals surface area (Å²) in [7, 11) is 0. The Morgan fingerprint density at radius 2 is 1.49 bits per heavy atom. The van der Waals surface area contributed by atoms with Crippen molar-refractivity contribution in [1.82, 2.24) is 40.6 Å². The first-order valence-electron chi connectivity index (χ1n) is 27.9. The van der Waals surface area contributed by atoms with Gasteiger partial charge in [-0.3, -0.25) is 24.0 Å². The Morgan fingerprint density at radius 3 is 2.17 bits per heavy atom. The normalized spacial score (nSPS) is 17.5. The zero-order chi connectivity index (χ0) is 57.1. The zero-order valence-corrected chi connectivity index (χ0v) is 47.5. The van der Waals surface area contributed by atoms with Gasteiger partial charge < -0.3 is 45.5 Å². The predicted molar refractivity (Wildman–Crippen MR) is 311 cm³/mol. The number of hydrogen-bond donors (Lipinski definition) is 5. The SMILES string of the molecule is Cc1ncsc1-c1ccc(CNC(=O)[C@@H]2C[C@@H](O)CN2C(=O)[C@@H](NC(=O)COCCCCOCCOCCn2cc(-c3ccc(N(C(=O)NCc4ccccc4)C4CCC(Nc5ccc(C#N)cn5)CC4)cc3)cn2)C(C)(C)C)cc1. The van der Waals surface area contributed by atoms with Gasteiger partial charge in [-0.25, -0.2) is 14.8 Å². The highest BCUT2D eigenvalue weighted by Gasteiger charge is 2.44. The van der Waals surface area contributed by atoms with Crippen LogP contribution in [-0.4, -0.2) is 130 Å². The van der Waals surface area contributed by atoms with Crippen molar-refractivity contribution in [3.05, 3.63) is 137 Å². The van der Waals surface area contributed by atoms with Crippen LogP contribution in [0.4, 0.5) is 16.3 Å². The highest BCUT2D eigenvalue weighted by Crippen LogP contribution is 2.32. The number of pyridine rings is 1. The molecule has 0 unspecified atom stereocenters. The van der Waals surface area contributed by atoms with E-state index >= 15 is 0 Å². The number of nitriles is 1. The van der Waals surface area contributed by atoms with Crippen molar-refractivity contribution in [2.24, 2.45) is 5.41 Å². The molecular weight excluding hydrogens is 1050 g/mol. The number of amides is 5. The van der Waals surface area contributed by atoms with E-state index in [4.69, 9.17) is 19.5 Å². The van der Waals surface area contributed by atoms with Crippen LogP contribution in [-0.2, 0) is 48.2 Å². The maximum atomic E-state index is 14.0. The molecule has 8 rings (SSSR count). The Morgan fingerprint density at radius 1 is 0.802 bits per heavy atom. The molecule has 19 nitrogen and oxygen atoms in total. The molecule has 20 heteroatoms. The molecule has 3 aromatic heterocycles. The van der Waals surface area contributed by atoms with Crippen molar-refractivity contribution in [2.45, 2.75) is 123 Å². The third kappa shape index (κ3) is 17.2. The van der Waals surface area contributed by atoms with Crippen LogP contribution in [0.5, 0.6) is 0 Å². The first-order chi connectivity index (χ1) is 39.2. The molecule has 5 amide bonds. The summed E-state index contributed by atoms with van der Waals surface area (Å²) in [6.07, 6.45) is 9.36. The molecule has 3 atom stereocenters. The Kier molecular flexibility index (Phi) is 21.5. The summed E-state index contributed by atoms with van der Waals surface area (Å²) in [6.45, 7) is 10.6. The Labute approximate surface area is 478 Å². The first-order valence-corrected chi connectivity index (χ1v) is 28.7. The predicted octanol–water partition coefficient (Wildman–Crippen LogP) is 8.03. The van der Waals surface area contributed by atoms with Crippen molar-refractivity contribution < 1.29 is 38.5 Å². The number of aliphatic hydroxyl groups is 1. The van der Waals surface area contributed by atoms with Crippen molar-refractivity contribution in [1.29, 1.82) is 5.26 Å². The molecule has 2 aliphatic rings. The highest BCUT2D eigenvalue weighted by molar-refractivity contribution is 7.13. The van der Waals surface area contributed by atoms with Gasteiger partial charge in [-0.2, -0.15) is 10.4 Å². The van der Waals surface area contributed by atoms with Gasteiger partial charge in [0.2, 0.25) is 17.7 Å². The van der Waals surface area contributed by atoms with Crippen LogP contribution in [0.25, 0.3) is 21.6 Å². The number of anilines is 2. The quantitative estimate of drug-likeness (QED) is 0.0324. The molecular formula is C61H75N11O8S. The van der Waals surface area contributed by atoms with Crippen LogP contribution in [0.2, 0.25) is 0 Å². The second kappa shape index (κ2) is 29.3. The molecule has 1 aliphatic heterocycles. The molecule has 0 spiro atoms. The number of thiazole rings is 1. The number of carbonyl (C=O) groups is 4. The number of rotatable bonds is 26. The third-order valence-electron chi connectivity index (χ3n) is 14.5. The van der Waals surface area contributed by atoms with Crippen LogP contribution < -0.4 is 26.2 Å². The van der Waals surface area contributed by atoms with Gasteiger partial charge >= 0.3 is 6.03 Å². The van der Waals surface area contributed by atoms with Gasteiger partial charge in [0.15, 0.2) is 0 Å². The van der Waals surface area contributed by atoms with Crippen LogP contribution in [0.1, 0.15) is 88.1 Å². The van der Waals surface area contributed by atoms with E-state index in [1.54, 1.807) is 23.6 Å². The molecule has 1 aliphatic carbocycles. The number of nitrogens with one attached hydrogen (secondary N) is 4. The Bertz CT molecular complexity index is 3010. The fourth-order valence-corrected chi connectivity index (χ4v) is 10.9. The molecule has 81 heavy (non-hydrogen) atoms. The number of hydrogen-bond acceptors (Lipinski definition) is 14. The second-order valence-corrected chi connectivity index (χ2v) is 22.5. The van der Waals surface area contributed by atoms with E-state index < -0.39 is 35.4 Å². The topological polar surface area (TPSA) is 238 Å². The second-order valence-electron chi connectivity index (χ2n) is 21.7. The lowest BCUT2D eigenvalue weighted by Crippen LogP contribution is -2.58. The van der Waals surface area contributed by atoms with Gasteiger partial charge in [0.25, 0.3) is 0 Å². The molecule has 428 valence electrons. The molecule has 5 N–H and O–H groups in total. The number of β-amino-alcohol motifs (C(OH)–C–C–N with tert-alkyl or cyclic N) is 1. The lowest BCUT2D eigenvalue weighted by atomic mass is 9.85. The summed E-state index contributed by atoms with van der Waals surface area (Å²) in [5, 5.41) is 36.7. The summed E-state index contributed by atoms with van der Waals surface area (Å²) in [5.41, 5.74) is 8.34. The zero-order valence-electron chi connectivity index (χ0n) is 46.7.